The van der Waals surface area contributed by atoms with E-state index in [1.807, 2.05) is 71.6 Å². The first-order valence-corrected chi connectivity index (χ1v) is 12.9. The van der Waals surface area contributed by atoms with Crippen LogP contribution in [0.2, 0.25) is 15.1 Å². The van der Waals surface area contributed by atoms with Crippen LogP contribution in [0.4, 0.5) is 5.69 Å². The van der Waals surface area contributed by atoms with E-state index in [4.69, 9.17) is 51.1 Å². The predicted octanol–water partition coefficient (Wildman–Crippen LogP) is 7.88. The number of ether oxygens (including phenoxy) is 1. The fourth-order valence-corrected chi connectivity index (χ4v) is 4.75. The highest BCUT2D eigenvalue weighted by Gasteiger charge is 2.30. The molecule has 196 valence electrons. The molecule has 0 radical (unpaired) electrons. The highest BCUT2D eigenvalue weighted by Crippen LogP contribution is 2.33. The largest absolute Gasteiger partial charge is 0.365 e. The third-order valence-corrected chi connectivity index (χ3v) is 7.10. The first kappa shape index (κ1) is 29.4. The molecular weight excluding hydrogens is 576 g/mol. The van der Waals surface area contributed by atoms with E-state index in [1.165, 1.54) is 0 Å². The third kappa shape index (κ3) is 7.93. The summed E-state index contributed by atoms with van der Waals surface area (Å²) in [5.41, 5.74) is 2.92. The summed E-state index contributed by atoms with van der Waals surface area (Å²) < 4.78 is 6.28. The van der Waals surface area contributed by atoms with Gasteiger partial charge in [0.05, 0.1) is 19.8 Å². The molecule has 3 aromatic carbocycles. The Morgan fingerprint density at radius 3 is 2.41 bits per heavy atom. The molecule has 4 rings (SSSR count). The minimum absolute atomic E-state index is 0. The van der Waals surface area contributed by atoms with Crippen molar-refractivity contribution in [3.63, 3.8) is 0 Å². The van der Waals surface area contributed by atoms with Gasteiger partial charge in [-0.2, -0.15) is 0 Å². The van der Waals surface area contributed by atoms with Crippen LogP contribution < -0.4 is 5.32 Å². The first-order valence-electron chi connectivity index (χ1n) is 11.3. The van der Waals surface area contributed by atoms with Gasteiger partial charge in [0.1, 0.15) is 11.6 Å². The minimum Gasteiger partial charge on any atom is -0.365 e. The minimum atomic E-state index is -0.557. The van der Waals surface area contributed by atoms with Gasteiger partial charge in [0.2, 0.25) is 5.91 Å². The molecule has 1 heterocycles. The summed E-state index contributed by atoms with van der Waals surface area (Å²) in [4.78, 5) is 16.4. The lowest BCUT2D eigenvalue weighted by atomic mass is 10.1. The van der Waals surface area contributed by atoms with E-state index in [2.05, 4.69) is 5.32 Å². The molecule has 0 bridgehead atoms. The number of carbonyl (C=O) groups excluding carboxylic acids is 1. The predicted molar refractivity (Wildman–Crippen MR) is 155 cm³/mol. The molecule has 1 aliphatic heterocycles. The number of alkyl halides is 1. The second-order valence-corrected chi connectivity index (χ2v) is 10.2. The molecule has 5 nitrogen and oxygen atoms in total. The van der Waals surface area contributed by atoms with Gasteiger partial charge in [-0.3, -0.25) is 4.79 Å². The SMILES string of the molecule is Cc1ccccc1NC(=O)CN1C=CN(C(Cl)C(OCc2ccc(Cl)cc2Cl)c2ccc(Cl)cc2)C1.Cl. The number of nitrogens with zero attached hydrogens (tertiary/aromatic N) is 2. The molecule has 0 spiro atoms. The number of para-hydroxylation sites is 1. The van der Waals surface area contributed by atoms with Crippen LogP contribution in [0.15, 0.2) is 79.1 Å². The fourth-order valence-electron chi connectivity index (χ4n) is 3.81. The van der Waals surface area contributed by atoms with Crippen molar-refractivity contribution in [1.29, 1.82) is 0 Å². The molecule has 2 atom stereocenters. The Kier molecular flexibility index (Phi) is 10.8. The molecule has 0 saturated carbocycles. The van der Waals surface area contributed by atoms with Crippen molar-refractivity contribution >= 4 is 70.4 Å². The molecule has 37 heavy (non-hydrogen) atoms. The summed E-state index contributed by atoms with van der Waals surface area (Å²) in [7, 11) is 0. The topological polar surface area (TPSA) is 44.8 Å². The first-order chi connectivity index (χ1) is 17.3. The van der Waals surface area contributed by atoms with E-state index < -0.39 is 11.6 Å². The zero-order valence-electron chi connectivity index (χ0n) is 19.9. The summed E-state index contributed by atoms with van der Waals surface area (Å²) in [6, 6.07) is 20.3. The van der Waals surface area contributed by atoms with Crippen molar-refractivity contribution < 1.29 is 9.53 Å². The second kappa shape index (κ2) is 13.6. The van der Waals surface area contributed by atoms with Gasteiger partial charge in [-0.05, 0) is 53.9 Å². The van der Waals surface area contributed by atoms with Crippen LogP contribution in [0.25, 0.3) is 0 Å². The second-order valence-electron chi connectivity index (χ2n) is 8.46. The van der Waals surface area contributed by atoms with Gasteiger partial charge in [-0.25, -0.2) is 0 Å². The molecule has 0 fully saturated rings. The summed E-state index contributed by atoms with van der Waals surface area (Å²) in [5, 5.41) is 4.66. The molecule has 3 aromatic rings. The summed E-state index contributed by atoms with van der Waals surface area (Å²) in [6.07, 6.45) is 3.21. The van der Waals surface area contributed by atoms with E-state index >= 15 is 0 Å². The van der Waals surface area contributed by atoms with Crippen LogP contribution in [0, 0.1) is 6.92 Å². The van der Waals surface area contributed by atoms with Crippen molar-refractivity contribution in [2.45, 2.75) is 25.1 Å². The highest BCUT2D eigenvalue weighted by atomic mass is 35.5. The quantitative estimate of drug-likeness (QED) is 0.200. The number of benzene rings is 3. The van der Waals surface area contributed by atoms with E-state index in [1.54, 1.807) is 24.3 Å². The fraction of sp³-hybridized carbons (Fsp3) is 0.222. The standard InChI is InChI=1S/C27H25Cl4N3O2.ClH/c1-18-4-2-3-5-24(18)32-25(35)15-33-12-13-34(17-33)27(31)26(19-6-9-21(28)10-7-19)36-16-20-8-11-22(29)14-23(20)30;/h2-14,26-27H,15-17H2,1H3,(H,32,35);1H. The Morgan fingerprint density at radius 1 is 1.00 bits per heavy atom. The van der Waals surface area contributed by atoms with Crippen LogP contribution in [0.5, 0.6) is 0 Å². The lowest BCUT2D eigenvalue weighted by molar-refractivity contribution is -0.117. The summed E-state index contributed by atoms with van der Waals surface area (Å²) >= 11 is 25.4. The Balaban J connectivity index is 0.00000380. The Morgan fingerprint density at radius 2 is 1.70 bits per heavy atom. The van der Waals surface area contributed by atoms with Crippen LogP contribution in [0.1, 0.15) is 22.8 Å². The number of aryl methyl sites for hydroxylation is 1. The number of amides is 1. The van der Waals surface area contributed by atoms with Crippen molar-refractivity contribution in [2.24, 2.45) is 0 Å². The Bertz CT molecular complexity index is 1240. The summed E-state index contributed by atoms with van der Waals surface area (Å²) in [5.74, 6) is -0.107. The zero-order valence-corrected chi connectivity index (χ0v) is 23.8. The molecule has 1 aliphatic rings. The van der Waals surface area contributed by atoms with Crippen molar-refractivity contribution in [1.82, 2.24) is 9.80 Å². The van der Waals surface area contributed by atoms with Gasteiger partial charge in [0, 0.05) is 33.2 Å². The number of hydrogen-bond donors (Lipinski definition) is 1. The molecule has 0 saturated heterocycles. The van der Waals surface area contributed by atoms with Gasteiger partial charge in [-0.15, -0.1) is 12.4 Å². The molecule has 10 heteroatoms. The van der Waals surface area contributed by atoms with Crippen molar-refractivity contribution in [3.05, 3.63) is 111 Å². The molecule has 0 aliphatic carbocycles. The maximum atomic E-state index is 12.6. The average Bonchev–Trinajstić information content (AvgIpc) is 3.31. The normalized spacial score (nSPS) is 14.3. The maximum Gasteiger partial charge on any atom is 0.243 e. The lowest BCUT2D eigenvalue weighted by Gasteiger charge is -2.31. The summed E-state index contributed by atoms with van der Waals surface area (Å²) in [6.45, 7) is 2.83. The molecule has 2 unspecified atom stereocenters. The molecule has 0 aromatic heterocycles. The number of carbonyl (C=O) groups is 1. The van der Waals surface area contributed by atoms with E-state index in [9.17, 15) is 4.79 Å². The lowest BCUT2D eigenvalue weighted by Crippen LogP contribution is -2.38. The molecular formula is C27H26Cl5N3O2. The number of hydrogen-bond acceptors (Lipinski definition) is 4. The van der Waals surface area contributed by atoms with Gasteiger partial charge in [0.25, 0.3) is 0 Å². The van der Waals surface area contributed by atoms with E-state index in [0.29, 0.717) is 21.7 Å². The van der Waals surface area contributed by atoms with Crippen molar-refractivity contribution in [3.8, 4) is 0 Å². The van der Waals surface area contributed by atoms with Gasteiger partial charge >= 0.3 is 0 Å². The van der Waals surface area contributed by atoms with Crippen LogP contribution in [-0.2, 0) is 16.1 Å². The monoisotopic (exact) mass is 599 g/mol. The Labute approximate surface area is 243 Å². The molecule has 1 amide bonds. The number of halogens is 5. The van der Waals surface area contributed by atoms with Gasteiger partial charge in [-0.1, -0.05) is 82.8 Å². The van der Waals surface area contributed by atoms with Crippen LogP contribution in [-0.4, -0.2) is 34.4 Å². The smallest absolute Gasteiger partial charge is 0.243 e. The van der Waals surface area contributed by atoms with Gasteiger partial charge in [0.15, 0.2) is 0 Å². The van der Waals surface area contributed by atoms with E-state index in [-0.39, 0.29) is 31.5 Å². The van der Waals surface area contributed by atoms with E-state index in [0.717, 1.165) is 22.4 Å². The Hall–Kier alpha value is -2.12. The number of nitrogens with one attached hydrogen (secondary N) is 1. The molecule has 1 N–H and O–H groups in total. The number of rotatable bonds is 9. The zero-order chi connectivity index (χ0) is 25.7. The maximum absolute atomic E-state index is 12.6. The van der Waals surface area contributed by atoms with Crippen molar-refractivity contribution in [2.75, 3.05) is 18.5 Å². The highest BCUT2D eigenvalue weighted by molar-refractivity contribution is 6.35. The van der Waals surface area contributed by atoms with Crippen LogP contribution in [0.3, 0.4) is 0 Å². The van der Waals surface area contributed by atoms with Crippen LogP contribution >= 0.6 is 58.8 Å². The number of anilines is 1. The third-order valence-electron chi connectivity index (χ3n) is 5.78. The average molecular weight is 602 g/mol. The van der Waals surface area contributed by atoms with Gasteiger partial charge < -0.3 is 19.9 Å².